The van der Waals surface area contributed by atoms with E-state index < -0.39 is 0 Å². The third kappa shape index (κ3) is 2.70. The molecule has 0 aliphatic carbocycles. The SMILES string of the molecule is CC1CC(c2cccc(Br)c2)NN1.Cl. The van der Waals surface area contributed by atoms with Crippen LogP contribution in [0.5, 0.6) is 0 Å². The third-order valence-corrected chi connectivity index (χ3v) is 2.84. The van der Waals surface area contributed by atoms with Gasteiger partial charge in [-0.05, 0) is 31.0 Å². The lowest BCUT2D eigenvalue weighted by Crippen LogP contribution is -2.28. The lowest BCUT2D eigenvalue weighted by atomic mass is 10.0. The van der Waals surface area contributed by atoms with Gasteiger partial charge in [-0.1, -0.05) is 28.1 Å². The highest BCUT2D eigenvalue weighted by molar-refractivity contribution is 9.10. The maximum atomic E-state index is 3.48. The van der Waals surface area contributed by atoms with E-state index in [0.29, 0.717) is 12.1 Å². The summed E-state index contributed by atoms with van der Waals surface area (Å²) in [6.07, 6.45) is 1.15. The van der Waals surface area contributed by atoms with E-state index in [1.165, 1.54) is 5.56 Å². The summed E-state index contributed by atoms with van der Waals surface area (Å²) in [5, 5.41) is 0. The first-order valence-corrected chi connectivity index (χ1v) is 5.31. The maximum absolute atomic E-state index is 3.48. The molecule has 2 rings (SSSR count). The summed E-state index contributed by atoms with van der Waals surface area (Å²) in [6.45, 7) is 2.19. The summed E-state index contributed by atoms with van der Waals surface area (Å²) in [6, 6.07) is 9.45. The zero-order valence-electron chi connectivity index (χ0n) is 7.96. The highest BCUT2D eigenvalue weighted by atomic mass is 79.9. The Labute approximate surface area is 99.0 Å². The first-order valence-electron chi connectivity index (χ1n) is 4.52. The van der Waals surface area contributed by atoms with Crippen molar-refractivity contribution in [1.29, 1.82) is 0 Å². The van der Waals surface area contributed by atoms with Crippen LogP contribution < -0.4 is 10.9 Å². The van der Waals surface area contributed by atoms with Crippen molar-refractivity contribution in [2.45, 2.75) is 25.4 Å². The molecule has 0 amide bonds. The Balaban J connectivity index is 0.000000980. The second-order valence-corrected chi connectivity index (χ2v) is 4.45. The normalized spacial score (nSPS) is 25.9. The molecule has 1 fully saturated rings. The van der Waals surface area contributed by atoms with E-state index in [1.807, 2.05) is 0 Å². The lowest BCUT2D eigenvalue weighted by molar-refractivity contribution is 0.560. The molecular weight excluding hydrogens is 263 g/mol. The molecule has 1 aliphatic heterocycles. The van der Waals surface area contributed by atoms with Crippen LogP contribution >= 0.6 is 28.3 Å². The summed E-state index contributed by atoms with van der Waals surface area (Å²) in [7, 11) is 0. The Bertz CT molecular complexity index is 306. The summed E-state index contributed by atoms with van der Waals surface area (Å²) < 4.78 is 1.14. The molecule has 78 valence electrons. The number of nitrogens with one attached hydrogen (secondary N) is 2. The largest absolute Gasteiger partial charge is 0.254 e. The van der Waals surface area contributed by atoms with Crippen molar-refractivity contribution >= 4 is 28.3 Å². The fraction of sp³-hybridized carbons (Fsp3) is 0.400. The van der Waals surface area contributed by atoms with Gasteiger partial charge in [0, 0.05) is 16.6 Å². The number of hydrogen-bond donors (Lipinski definition) is 2. The Morgan fingerprint density at radius 2 is 2.14 bits per heavy atom. The Kier molecular flexibility index (Phi) is 4.38. The fourth-order valence-corrected chi connectivity index (χ4v) is 2.07. The second-order valence-electron chi connectivity index (χ2n) is 3.53. The van der Waals surface area contributed by atoms with Crippen molar-refractivity contribution in [3.05, 3.63) is 34.3 Å². The molecule has 1 saturated heterocycles. The minimum Gasteiger partial charge on any atom is -0.254 e. The number of halogens is 2. The summed E-state index contributed by atoms with van der Waals surface area (Å²) in [4.78, 5) is 0. The van der Waals surface area contributed by atoms with Crippen LogP contribution in [-0.4, -0.2) is 6.04 Å². The molecule has 14 heavy (non-hydrogen) atoms. The zero-order valence-corrected chi connectivity index (χ0v) is 10.4. The first kappa shape index (κ1) is 12.0. The van der Waals surface area contributed by atoms with Crippen LogP contribution in [0.1, 0.15) is 24.9 Å². The monoisotopic (exact) mass is 276 g/mol. The highest BCUT2D eigenvalue weighted by Gasteiger charge is 2.21. The molecule has 0 aromatic heterocycles. The molecule has 2 nitrogen and oxygen atoms in total. The molecule has 1 aromatic carbocycles. The fourth-order valence-electron chi connectivity index (χ4n) is 1.66. The predicted octanol–water partition coefficient (Wildman–Crippen LogP) is 2.80. The van der Waals surface area contributed by atoms with Gasteiger partial charge in [0.25, 0.3) is 0 Å². The molecule has 0 spiro atoms. The molecule has 2 atom stereocenters. The van der Waals surface area contributed by atoms with Gasteiger partial charge in [0.15, 0.2) is 0 Å². The standard InChI is InChI=1S/C10H13BrN2.ClH/c1-7-5-10(13-12-7)8-3-2-4-9(11)6-8;/h2-4,6-7,10,12-13H,5H2,1H3;1H. The zero-order chi connectivity index (χ0) is 9.26. The van der Waals surface area contributed by atoms with Gasteiger partial charge in [-0.2, -0.15) is 0 Å². The first-order chi connectivity index (χ1) is 6.25. The quantitative estimate of drug-likeness (QED) is 0.825. The number of benzene rings is 1. The topological polar surface area (TPSA) is 24.1 Å². The van der Waals surface area contributed by atoms with Crippen molar-refractivity contribution < 1.29 is 0 Å². The van der Waals surface area contributed by atoms with E-state index in [0.717, 1.165) is 10.9 Å². The lowest BCUT2D eigenvalue weighted by Gasteiger charge is -2.09. The molecule has 1 aliphatic rings. The van der Waals surface area contributed by atoms with Gasteiger partial charge in [-0.15, -0.1) is 12.4 Å². The van der Waals surface area contributed by atoms with Gasteiger partial charge in [-0.3, -0.25) is 10.9 Å². The van der Waals surface area contributed by atoms with E-state index in [-0.39, 0.29) is 12.4 Å². The molecule has 1 heterocycles. The highest BCUT2D eigenvalue weighted by Crippen LogP contribution is 2.24. The smallest absolute Gasteiger partial charge is 0.0478 e. The van der Waals surface area contributed by atoms with Crippen LogP contribution in [-0.2, 0) is 0 Å². The maximum Gasteiger partial charge on any atom is 0.0478 e. The van der Waals surface area contributed by atoms with Crippen LogP contribution in [0.4, 0.5) is 0 Å². The van der Waals surface area contributed by atoms with E-state index in [9.17, 15) is 0 Å². The summed E-state index contributed by atoms with van der Waals surface area (Å²) in [5.41, 5.74) is 7.84. The molecule has 1 aromatic rings. The second kappa shape index (κ2) is 5.12. The van der Waals surface area contributed by atoms with E-state index >= 15 is 0 Å². The van der Waals surface area contributed by atoms with Crippen LogP contribution in [0, 0.1) is 0 Å². The number of rotatable bonds is 1. The molecule has 0 radical (unpaired) electrons. The Morgan fingerprint density at radius 1 is 1.36 bits per heavy atom. The van der Waals surface area contributed by atoms with Crippen molar-refractivity contribution in [2.75, 3.05) is 0 Å². The van der Waals surface area contributed by atoms with E-state index in [4.69, 9.17) is 0 Å². The van der Waals surface area contributed by atoms with Crippen LogP contribution in [0.2, 0.25) is 0 Å². The number of hydrazine groups is 1. The molecular formula is C10H14BrClN2. The molecule has 2 unspecified atom stereocenters. The van der Waals surface area contributed by atoms with E-state index in [1.54, 1.807) is 0 Å². The molecule has 0 bridgehead atoms. The predicted molar refractivity (Wildman–Crippen MR) is 64.5 cm³/mol. The van der Waals surface area contributed by atoms with Crippen LogP contribution in [0.3, 0.4) is 0 Å². The van der Waals surface area contributed by atoms with Gasteiger partial charge in [0.2, 0.25) is 0 Å². The van der Waals surface area contributed by atoms with E-state index in [2.05, 4.69) is 58.0 Å². The average molecular weight is 278 g/mol. The minimum absolute atomic E-state index is 0. The average Bonchev–Trinajstić information content (AvgIpc) is 2.52. The van der Waals surface area contributed by atoms with Gasteiger partial charge >= 0.3 is 0 Å². The van der Waals surface area contributed by atoms with Crippen molar-refractivity contribution in [1.82, 2.24) is 10.9 Å². The third-order valence-electron chi connectivity index (χ3n) is 2.34. The number of hydrogen-bond acceptors (Lipinski definition) is 2. The van der Waals surface area contributed by atoms with Gasteiger partial charge in [0.1, 0.15) is 0 Å². The van der Waals surface area contributed by atoms with Crippen molar-refractivity contribution in [3.8, 4) is 0 Å². The van der Waals surface area contributed by atoms with Crippen LogP contribution in [0.25, 0.3) is 0 Å². The molecule has 4 heteroatoms. The molecule has 2 N–H and O–H groups in total. The molecule has 0 saturated carbocycles. The van der Waals surface area contributed by atoms with Gasteiger partial charge < -0.3 is 0 Å². The minimum atomic E-state index is 0. The van der Waals surface area contributed by atoms with Crippen molar-refractivity contribution in [3.63, 3.8) is 0 Å². The Hall–Kier alpha value is -0.0900. The van der Waals surface area contributed by atoms with Gasteiger partial charge in [0.05, 0.1) is 0 Å². The van der Waals surface area contributed by atoms with Crippen molar-refractivity contribution in [2.24, 2.45) is 0 Å². The summed E-state index contributed by atoms with van der Waals surface area (Å²) in [5.74, 6) is 0. The Morgan fingerprint density at radius 3 is 2.71 bits per heavy atom. The van der Waals surface area contributed by atoms with Gasteiger partial charge in [-0.25, -0.2) is 0 Å². The van der Waals surface area contributed by atoms with Crippen LogP contribution in [0.15, 0.2) is 28.7 Å². The summed E-state index contributed by atoms with van der Waals surface area (Å²) >= 11 is 3.48.